The van der Waals surface area contributed by atoms with Gasteiger partial charge in [0.05, 0.1) is 12.8 Å². The predicted molar refractivity (Wildman–Crippen MR) is 94.9 cm³/mol. The van der Waals surface area contributed by atoms with Crippen LogP contribution < -0.4 is 5.32 Å². The van der Waals surface area contributed by atoms with Crippen LogP contribution in [0.25, 0.3) is 0 Å². The van der Waals surface area contributed by atoms with Crippen LogP contribution in [-0.2, 0) is 22.4 Å². The molecule has 25 heavy (non-hydrogen) atoms. The van der Waals surface area contributed by atoms with Crippen molar-refractivity contribution in [2.45, 2.75) is 47.0 Å². The van der Waals surface area contributed by atoms with Crippen LogP contribution in [0.2, 0.25) is 0 Å². The van der Waals surface area contributed by atoms with Gasteiger partial charge in [-0.05, 0) is 32.6 Å². The Balaban J connectivity index is 2.05. The second-order valence-electron chi connectivity index (χ2n) is 6.23. The Morgan fingerprint density at radius 2 is 2.04 bits per heavy atom. The molecule has 0 saturated heterocycles. The fourth-order valence-corrected chi connectivity index (χ4v) is 3.63. The summed E-state index contributed by atoms with van der Waals surface area (Å²) in [5, 5.41) is 7.06. The molecule has 0 aliphatic carbocycles. The van der Waals surface area contributed by atoms with Crippen LogP contribution in [0.5, 0.6) is 0 Å². The number of amides is 1. The summed E-state index contributed by atoms with van der Waals surface area (Å²) in [5.74, 6) is 0.447. The number of aryl methyl sites for hydroxylation is 2. The molecule has 0 bridgehead atoms. The molecule has 2 aromatic heterocycles. The first-order valence-corrected chi connectivity index (χ1v) is 8.93. The van der Waals surface area contributed by atoms with E-state index in [1.54, 1.807) is 0 Å². The van der Waals surface area contributed by atoms with Gasteiger partial charge in [0, 0.05) is 16.9 Å². The van der Waals surface area contributed by atoms with Crippen LogP contribution in [0.4, 0.5) is 5.13 Å². The standard InChI is InChI=1S/C17H23N3O4S/c1-9(2)8-13-15(16(22)23-5)19-17(25-13)18-14(21)7-6-12-10(3)20-24-11(12)4/h9H,6-8H2,1-5H3,(H,18,19,21). The van der Waals surface area contributed by atoms with Gasteiger partial charge in [-0.3, -0.25) is 4.79 Å². The predicted octanol–water partition coefficient (Wildman–Crippen LogP) is 3.30. The molecule has 2 aromatic rings. The normalized spacial score (nSPS) is 11.0. The zero-order chi connectivity index (χ0) is 18.6. The lowest BCUT2D eigenvalue weighted by molar-refractivity contribution is -0.116. The number of anilines is 1. The molecule has 0 spiro atoms. The molecule has 1 amide bonds. The number of carbonyl (C=O) groups excluding carboxylic acids is 2. The molecule has 2 rings (SSSR count). The van der Waals surface area contributed by atoms with Crippen molar-refractivity contribution >= 4 is 28.3 Å². The summed E-state index contributed by atoms with van der Waals surface area (Å²) in [6.45, 7) is 7.80. The summed E-state index contributed by atoms with van der Waals surface area (Å²) >= 11 is 1.31. The smallest absolute Gasteiger partial charge is 0.357 e. The van der Waals surface area contributed by atoms with E-state index in [-0.39, 0.29) is 18.0 Å². The molecule has 0 atom stereocenters. The minimum Gasteiger partial charge on any atom is -0.464 e. The van der Waals surface area contributed by atoms with E-state index in [0.29, 0.717) is 23.9 Å². The lowest BCUT2D eigenvalue weighted by Crippen LogP contribution is -2.13. The summed E-state index contributed by atoms with van der Waals surface area (Å²) in [4.78, 5) is 29.1. The van der Waals surface area contributed by atoms with Crippen LogP contribution in [0.1, 0.15) is 52.7 Å². The van der Waals surface area contributed by atoms with Gasteiger partial charge in [-0.2, -0.15) is 0 Å². The third-order valence-electron chi connectivity index (χ3n) is 3.70. The Kier molecular flexibility index (Phi) is 6.30. The Bertz CT molecular complexity index is 745. The summed E-state index contributed by atoms with van der Waals surface area (Å²) < 4.78 is 9.87. The zero-order valence-electron chi connectivity index (χ0n) is 15.1. The number of rotatable bonds is 7. The first-order valence-electron chi connectivity index (χ1n) is 8.11. The maximum atomic E-state index is 12.2. The first-order chi connectivity index (χ1) is 11.8. The molecule has 2 heterocycles. The highest BCUT2D eigenvalue weighted by molar-refractivity contribution is 7.16. The highest BCUT2D eigenvalue weighted by Crippen LogP contribution is 2.26. The first kappa shape index (κ1) is 19.1. The molecule has 0 radical (unpaired) electrons. The van der Waals surface area contributed by atoms with Crippen LogP contribution >= 0.6 is 11.3 Å². The second kappa shape index (κ2) is 8.24. The number of methoxy groups -OCH3 is 1. The molecule has 0 aliphatic heterocycles. The molecule has 0 aromatic carbocycles. The fraction of sp³-hybridized carbons (Fsp3) is 0.529. The lowest BCUT2D eigenvalue weighted by atomic mass is 10.1. The van der Waals surface area contributed by atoms with E-state index in [4.69, 9.17) is 9.26 Å². The molecule has 0 aliphatic rings. The van der Waals surface area contributed by atoms with Crippen molar-refractivity contribution in [3.05, 3.63) is 27.6 Å². The van der Waals surface area contributed by atoms with E-state index in [2.05, 4.69) is 29.3 Å². The van der Waals surface area contributed by atoms with E-state index >= 15 is 0 Å². The number of esters is 1. The third kappa shape index (κ3) is 4.88. The number of carbonyl (C=O) groups is 2. The van der Waals surface area contributed by atoms with Crippen molar-refractivity contribution in [1.29, 1.82) is 0 Å². The average Bonchev–Trinajstić information content (AvgIpc) is 3.07. The number of hydrogen-bond acceptors (Lipinski definition) is 7. The monoisotopic (exact) mass is 365 g/mol. The molecule has 0 fully saturated rings. The highest BCUT2D eigenvalue weighted by Gasteiger charge is 2.20. The Labute approximate surface area is 150 Å². The van der Waals surface area contributed by atoms with Crippen LogP contribution in [0, 0.1) is 19.8 Å². The van der Waals surface area contributed by atoms with Crippen molar-refractivity contribution in [2.75, 3.05) is 12.4 Å². The number of nitrogens with zero attached hydrogens (tertiary/aromatic N) is 2. The van der Waals surface area contributed by atoms with Gasteiger partial charge in [0.2, 0.25) is 5.91 Å². The maximum Gasteiger partial charge on any atom is 0.357 e. The van der Waals surface area contributed by atoms with Gasteiger partial charge in [-0.15, -0.1) is 11.3 Å². The molecule has 0 saturated carbocycles. The zero-order valence-corrected chi connectivity index (χ0v) is 16.0. The van der Waals surface area contributed by atoms with Gasteiger partial charge in [0.1, 0.15) is 5.76 Å². The van der Waals surface area contributed by atoms with Crippen molar-refractivity contribution in [2.24, 2.45) is 5.92 Å². The molecule has 136 valence electrons. The SMILES string of the molecule is COC(=O)c1nc(NC(=O)CCc2c(C)noc2C)sc1CC(C)C. The van der Waals surface area contributed by atoms with Gasteiger partial charge in [-0.25, -0.2) is 9.78 Å². The molecule has 0 unspecified atom stereocenters. The summed E-state index contributed by atoms with van der Waals surface area (Å²) in [7, 11) is 1.32. The third-order valence-corrected chi connectivity index (χ3v) is 4.69. The second-order valence-corrected chi connectivity index (χ2v) is 7.31. The Morgan fingerprint density at radius 3 is 2.60 bits per heavy atom. The summed E-state index contributed by atoms with van der Waals surface area (Å²) in [6.07, 6.45) is 1.54. The topological polar surface area (TPSA) is 94.3 Å². The molecule has 1 N–H and O–H groups in total. The maximum absolute atomic E-state index is 12.2. The van der Waals surface area contributed by atoms with Crippen LogP contribution in [0.3, 0.4) is 0 Å². The number of hydrogen-bond donors (Lipinski definition) is 1. The van der Waals surface area contributed by atoms with E-state index in [9.17, 15) is 9.59 Å². The summed E-state index contributed by atoms with van der Waals surface area (Å²) in [5.41, 5.74) is 2.03. The molecule has 7 nitrogen and oxygen atoms in total. The minimum absolute atomic E-state index is 0.165. The van der Waals surface area contributed by atoms with Gasteiger partial charge in [0.25, 0.3) is 0 Å². The molecule has 8 heteroatoms. The number of nitrogens with one attached hydrogen (secondary N) is 1. The van der Waals surface area contributed by atoms with Crippen molar-refractivity contribution in [1.82, 2.24) is 10.1 Å². The Morgan fingerprint density at radius 1 is 1.32 bits per heavy atom. The van der Waals surface area contributed by atoms with Crippen molar-refractivity contribution in [3.8, 4) is 0 Å². The number of thiazole rings is 1. The number of aromatic nitrogens is 2. The minimum atomic E-state index is -0.483. The Hall–Kier alpha value is -2.22. The quantitative estimate of drug-likeness (QED) is 0.757. The largest absolute Gasteiger partial charge is 0.464 e. The molecular weight excluding hydrogens is 342 g/mol. The van der Waals surface area contributed by atoms with Gasteiger partial charge in [0.15, 0.2) is 10.8 Å². The molecular formula is C17H23N3O4S. The van der Waals surface area contributed by atoms with Crippen LogP contribution in [0.15, 0.2) is 4.52 Å². The van der Waals surface area contributed by atoms with Crippen LogP contribution in [-0.4, -0.2) is 29.1 Å². The van der Waals surface area contributed by atoms with E-state index in [1.165, 1.54) is 18.4 Å². The summed E-state index contributed by atoms with van der Waals surface area (Å²) in [6, 6.07) is 0. The van der Waals surface area contributed by atoms with Gasteiger partial charge >= 0.3 is 5.97 Å². The lowest BCUT2D eigenvalue weighted by Gasteiger charge is -2.02. The van der Waals surface area contributed by atoms with E-state index in [1.807, 2.05) is 13.8 Å². The highest BCUT2D eigenvalue weighted by atomic mass is 32.1. The fourth-order valence-electron chi connectivity index (χ4n) is 2.45. The average molecular weight is 365 g/mol. The van der Waals surface area contributed by atoms with Gasteiger partial charge in [-0.1, -0.05) is 19.0 Å². The number of ether oxygens (including phenoxy) is 1. The van der Waals surface area contributed by atoms with Gasteiger partial charge < -0.3 is 14.6 Å². The van der Waals surface area contributed by atoms with Crippen molar-refractivity contribution < 1.29 is 18.8 Å². The van der Waals surface area contributed by atoms with Crippen molar-refractivity contribution in [3.63, 3.8) is 0 Å². The van der Waals surface area contributed by atoms with E-state index < -0.39 is 5.97 Å². The van der Waals surface area contributed by atoms with E-state index in [0.717, 1.165) is 21.9 Å².